The highest BCUT2D eigenvalue weighted by Crippen LogP contribution is 2.39. The number of hydrogen-bond donors (Lipinski definition) is 1. The number of benzene rings is 2. The SMILES string of the molecule is CC(F)(F)CCc1cnc(-c2ccc(S(=O)(=O)C3(C(=O)NOC4CCCCO4)CCOCC3)cc2)cn1.CC(F)(F)CCc1cnc(-c2ccc(S(=O)(=O)C3(C(=O)OC(C)(C)C)CCOCC3)cc2)cn1. The highest BCUT2D eigenvalue weighted by molar-refractivity contribution is 7.94. The summed E-state index contributed by atoms with van der Waals surface area (Å²) in [7, 11) is -8.21. The summed E-state index contributed by atoms with van der Waals surface area (Å²) in [5.41, 5.74) is 4.54. The molecule has 1 atom stereocenters. The molecule has 16 nitrogen and oxygen atoms in total. The normalized spacial score (nSPS) is 18.6. The molecule has 1 N–H and O–H groups in total. The Hall–Kier alpha value is -5.00. The second-order valence-corrected chi connectivity index (χ2v) is 23.6. The molecule has 0 radical (unpaired) electrons. The van der Waals surface area contributed by atoms with Crippen molar-refractivity contribution in [3.05, 3.63) is 84.7 Å². The van der Waals surface area contributed by atoms with Crippen LogP contribution in [0.4, 0.5) is 17.6 Å². The Morgan fingerprint density at radius 3 is 1.45 bits per heavy atom. The Balaban J connectivity index is 0.000000233. The van der Waals surface area contributed by atoms with E-state index in [1.807, 2.05) is 0 Å². The van der Waals surface area contributed by atoms with Gasteiger partial charge in [0.25, 0.3) is 5.91 Å². The predicted octanol–water partition coefficient (Wildman–Crippen LogP) is 8.02. The molecule has 0 aliphatic carbocycles. The number of carbonyl (C=O) groups excluding carboxylic acids is 2. The van der Waals surface area contributed by atoms with Gasteiger partial charge in [0.15, 0.2) is 35.5 Å². The van der Waals surface area contributed by atoms with E-state index >= 15 is 0 Å². The van der Waals surface area contributed by atoms with Gasteiger partial charge in [-0.2, -0.15) is 0 Å². The zero-order valence-corrected chi connectivity index (χ0v) is 42.1. The van der Waals surface area contributed by atoms with E-state index in [-0.39, 0.29) is 87.6 Å². The van der Waals surface area contributed by atoms with Crippen molar-refractivity contribution in [1.82, 2.24) is 25.4 Å². The quantitative estimate of drug-likeness (QED) is 0.0639. The first kappa shape index (κ1) is 55.3. The van der Waals surface area contributed by atoms with Crippen LogP contribution in [0.25, 0.3) is 22.5 Å². The molecule has 388 valence electrons. The number of aromatic nitrogens is 4. The number of carbonyl (C=O) groups is 2. The molecule has 0 saturated carbocycles. The Morgan fingerprint density at radius 1 is 0.634 bits per heavy atom. The minimum Gasteiger partial charge on any atom is -0.459 e. The summed E-state index contributed by atoms with van der Waals surface area (Å²) in [6, 6.07) is 12.0. The van der Waals surface area contributed by atoms with Crippen LogP contribution >= 0.6 is 0 Å². The number of hydroxylamine groups is 1. The van der Waals surface area contributed by atoms with Crippen LogP contribution in [0.2, 0.25) is 0 Å². The Bertz CT molecular complexity index is 2630. The third kappa shape index (κ3) is 14.2. The van der Waals surface area contributed by atoms with E-state index in [0.717, 1.165) is 26.7 Å². The molecule has 22 heteroatoms. The van der Waals surface area contributed by atoms with E-state index < -0.39 is 64.8 Å². The molecule has 3 fully saturated rings. The summed E-state index contributed by atoms with van der Waals surface area (Å²) in [5, 5.41) is 0. The molecule has 4 aromatic rings. The molecule has 5 heterocycles. The molecule has 3 saturated heterocycles. The number of rotatable bonds is 16. The van der Waals surface area contributed by atoms with E-state index in [9.17, 15) is 44.0 Å². The van der Waals surface area contributed by atoms with Crippen molar-refractivity contribution in [3.8, 4) is 22.5 Å². The summed E-state index contributed by atoms with van der Waals surface area (Å²) >= 11 is 0. The topological polar surface area (TPSA) is 212 Å². The first-order valence-corrected chi connectivity index (χ1v) is 26.4. The number of ether oxygens (including phenoxy) is 4. The van der Waals surface area contributed by atoms with Crippen LogP contribution in [-0.4, -0.2) is 115 Å². The fourth-order valence-electron chi connectivity index (χ4n) is 8.01. The molecular weight excluding hydrogens is 975 g/mol. The van der Waals surface area contributed by atoms with Crippen molar-refractivity contribution in [2.75, 3.05) is 33.0 Å². The van der Waals surface area contributed by atoms with Gasteiger partial charge in [0.2, 0.25) is 11.8 Å². The molecule has 7 rings (SSSR count). The van der Waals surface area contributed by atoms with Gasteiger partial charge >= 0.3 is 5.97 Å². The number of amides is 1. The Kier molecular flexibility index (Phi) is 17.8. The van der Waals surface area contributed by atoms with Crippen molar-refractivity contribution in [2.45, 2.75) is 148 Å². The second kappa shape index (κ2) is 22.8. The molecule has 3 aliphatic rings. The lowest BCUT2D eigenvalue weighted by molar-refractivity contribution is -0.202. The van der Waals surface area contributed by atoms with Crippen molar-refractivity contribution in [3.63, 3.8) is 0 Å². The minimum atomic E-state index is -4.12. The zero-order chi connectivity index (χ0) is 51.7. The van der Waals surface area contributed by atoms with E-state index in [1.54, 1.807) is 45.0 Å². The predicted molar refractivity (Wildman–Crippen MR) is 251 cm³/mol. The van der Waals surface area contributed by atoms with Gasteiger partial charge in [-0.3, -0.25) is 29.5 Å². The van der Waals surface area contributed by atoms with E-state index in [4.69, 9.17) is 23.8 Å². The van der Waals surface area contributed by atoms with Crippen LogP contribution in [0.15, 0.2) is 83.1 Å². The molecule has 71 heavy (non-hydrogen) atoms. The fourth-order valence-corrected chi connectivity index (χ4v) is 11.9. The van der Waals surface area contributed by atoms with Crippen LogP contribution < -0.4 is 5.48 Å². The van der Waals surface area contributed by atoms with Gasteiger partial charge in [-0.25, -0.2) is 44.7 Å². The summed E-state index contributed by atoms with van der Waals surface area (Å²) in [6.45, 7) is 7.84. The van der Waals surface area contributed by atoms with Gasteiger partial charge in [-0.15, -0.1) is 0 Å². The fraction of sp³-hybridized carbons (Fsp3) is 0.551. The third-order valence-corrected chi connectivity index (χ3v) is 17.2. The lowest BCUT2D eigenvalue weighted by Crippen LogP contribution is -2.56. The summed E-state index contributed by atoms with van der Waals surface area (Å²) < 4.78 is 125. The maximum absolute atomic E-state index is 13.8. The monoisotopic (exact) mass is 1040 g/mol. The average Bonchev–Trinajstić information content (AvgIpc) is 3.34. The number of aryl methyl sites for hydroxylation is 2. The molecule has 2 aromatic heterocycles. The molecule has 0 spiro atoms. The number of hydrogen-bond acceptors (Lipinski definition) is 15. The molecule has 1 amide bonds. The van der Waals surface area contributed by atoms with Crippen LogP contribution in [-0.2, 0) is 65.9 Å². The number of nitrogens with zero attached hydrogens (tertiary/aromatic N) is 4. The minimum absolute atomic E-state index is 0.00114. The van der Waals surface area contributed by atoms with Gasteiger partial charge in [0, 0.05) is 88.7 Å². The van der Waals surface area contributed by atoms with Crippen molar-refractivity contribution in [1.29, 1.82) is 0 Å². The Morgan fingerprint density at radius 2 is 1.07 bits per heavy atom. The van der Waals surface area contributed by atoms with Crippen molar-refractivity contribution < 1.29 is 67.8 Å². The highest BCUT2D eigenvalue weighted by Gasteiger charge is 2.55. The van der Waals surface area contributed by atoms with Crippen LogP contribution in [0.5, 0.6) is 0 Å². The standard InChI is InChI=1S/C25H31F2N3O6S.C24H30F2N2O5S/c1-24(26,27)10-9-19-16-29-21(17-28-19)18-5-7-20(8-6-18)37(32,33)25(11-14-34-15-12-25)23(31)30-36-22-4-2-3-13-35-22;1-22(2,3)33-21(29)24(11-13-32-14-12-24)34(30,31)19-7-5-17(6-8-19)20-16-27-18(15-28-20)9-10-23(4,25)26/h5-8,16-17,22H,2-4,9-15H2,1H3,(H,30,31);5-8,15-16H,9-14H2,1-4H3. The molecule has 2 aromatic carbocycles. The van der Waals surface area contributed by atoms with Gasteiger partial charge in [0.1, 0.15) is 5.60 Å². The number of nitrogens with one attached hydrogen (secondary N) is 1. The second-order valence-electron chi connectivity index (χ2n) is 19.0. The first-order valence-electron chi connectivity index (χ1n) is 23.4. The molecule has 0 bridgehead atoms. The van der Waals surface area contributed by atoms with Crippen LogP contribution in [0, 0.1) is 0 Å². The zero-order valence-electron chi connectivity index (χ0n) is 40.4. The van der Waals surface area contributed by atoms with Crippen LogP contribution in [0.3, 0.4) is 0 Å². The molecule has 1 unspecified atom stereocenters. The van der Waals surface area contributed by atoms with E-state index in [0.29, 0.717) is 46.9 Å². The van der Waals surface area contributed by atoms with Crippen LogP contribution in [0.1, 0.15) is 104 Å². The maximum Gasteiger partial charge on any atom is 0.328 e. The summed E-state index contributed by atoms with van der Waals surface area (Å²) in [6.07, 6.45) is 7.15. The lowest BCUT2D eigenvalue weighted by Gasteiger charge is -2.36. The lowest BCUT2D eigenvalue weighted by atomic mass is 9.98. The Labute approximate surface area is 411 Å². The summed E-state index contributed by atoms with van der Waals surface area (Å²) in [4.78, 5) is 48.6. The van der Waals surface area contributed by atoms with E-state index in [2.05, 4.69) is 25.4 Å². The number of esters is 1. The van der Waals surface area contributed by atoms with Gasteiger partial charge in [0.05, 0.1) is 45.0 Å². The van der Waals surface area contributed by atoms with Gasteiger partial charge in [-0.1, -0.05) is 24.3 Å². The molecular formula is C49H61F4N5O11S2. The first-order chi connectivity index (χ1) is 33.3. The third-order valence-electron chi connectivity index (χ3n) is 12.2. The number of sulfone groups is 2. The largest absolute Gasteiger partial charge is 0.459 e. The number of halogens is 4. The van der Waals surface area contributed by atoms with Crippen molar-refractivity contribution >= 4 is 31.6 Å². The number of alkyl halides is 4. The van der Waals surface area contributed by atoms with Gasteiger partial charge < -0.3 is 18.9 Å². The average molecular weight is 1040 g/mol. The highest BCUT2D eigenvalue weighted by atomic mass is 32.2. The van der Waals surface area contributed by atoms with E-state index in [1.165, 1.54) is 49.1 Å². The molecule has 3 aliphatic heterocycles. The van der Waals surface area contributed by atoms with Crippen molar-refractivity contribution in [2.24, 2.45) is 0 Å². The summed E-state index contributed by atoms with van der Waals surface area (Å²) in [5.74, 6) is -7.07. The maximum atomic E-state index is 13.8. The smallest absolute Gasteiger partial charge is 0.328 e. The van der Waals surface area contributed by atoms with Gasteiger partial charge in [-0.05, 0) is 97.4 Å².